The number of nitrogens with two attached hydrogens (primary N) is 1. The minimum atomic E-state index is 0.230. The van der Waals surface area contributed by atoms with Gasteiger partial charge in [0.05, 0.1) is 0 Å². The van der Waals surface area contributed by atoms with Crippen LogP contribution in [0.1, 0.15) is 37.3 Å². The predicted octanol–water partition coefficient (Wildman–Crippen LogP) is 2.54. The maximum Gasteiger partial charge on any atom is 0.225 e. The molecule has 1 aromatic rings. The Morgan fingerprint density at radius 1 is 1.26 bits per heavy atom. The van der Waals surface area contributed by atoms with Crippen LogP contribution in [0.25, 0.3) is 0 Å². The molecule has 2 atom stereocenters. The Hall–Kier alpha value is -1.35. The molecule has 2 rings (SSSR count). The van der Waals surface area contributed by atoms with Crippen LogP contribution in [0.4, 0.5) is 0 Å². The van der Waals surface area contributed by atoms with Crippen LogP contribution in [0.15, 0.2) is 24.3 Å². The van der Waals surface area contributed by atoms with Crippen molar-refractivity contribution in [2.24, 2.45) is 17.6 Å². The van der Waals surface area contributed by atoms with Gasteiger partial charge in [0, 0.05) is 26.1 Å². The van der Waals surface area contributed by atoms with Crippen molar-refractivity contribution >= 4 is 5.91 Å². The van der Waals surface area contributed by atoms with E-state index in [1.54, 1.807) is 0 Å². The molecule has 0 radical (unpaired) electrons. The first kappa shape index (κ1) is 14.1. The summed E-state index contributed by atoms with van der Waals surface area (Å²) in [6.07, 6.45) is 3.43. The first-order chi connectivity index (χ1) is 9.11. The molecule has 0 saturated heterocycles. The van der Waals surface area contributed by atoms with Crippen molar-refractivity contribution in [1.29, 1.82) is 0 Å². The fourth-order valence-corrected chi connectivity index (χ4v) is 2.93. The maximum atomic E-state index is 12.4. The van der Waals surface area contributed by atoms with Crippen LogP contribution in [0, 0.1) is 11.8 Å². The minimum Gasteiger partial charge on any atom is -0.341 e. The monoisotopic (exact) mass is 260 g/mol. The van der Waals surface area contributed by atoms with E-state index >= 15 is 0 Å². The van der Waals surface area contributed by atoms with Crippen molar-refractivity contribution in [1.82, 2.24) is 4.90 Å². The molecule has 1 aliphatic carbocycles. The number of hydrogen-bond donors (Lipinski definition) is 1. The third-order valence-electron chi connectivity index (χ3n) is 4.23. The van der Waals surface area contributed by atoms with Crippen molar-refractivity contribution in [3.8, 4) is 0 Å². The normalized spacial score (nSPS) is 22.5. The highest BCUT2D eigenvalue weighted by Gasteiger charge is 2.31. The molecule has 2 N–H and O–H groups in total. The zero-order valence-electron chi connectivity index (χ0n) is 11.9. The molecule has 3 heteroatoms. The first-order valence-electron chi connectivity index (χ1n) is 7.14. The lowest BCUT2D eigenvalue weighted by molar-refractivity contribution is -0.135. The number of hydrogen-bond acceptors (Lipinski definition) is 2. The summed E-state index contributed by atoms with van der Waals surface area (Å²) >= 11 is 0. The van der Waals surface area contributed by atoms with Crippen LogP contribution in [-0.4, -0.2) is 17.9 Å². The molecular weight excluding hydrogens is 236 g/mol. The number of carbonyl (C=O) groups is 1. The summed E-state index contributed by atoms with van der Waals surface area (Å²) in [4.78, 5) is 14.3. The molecule has 3 nitrogen and oxygen atoms in total. The highest BCUT2D eigenvalue weighted by Crippen LogP contribution is 2.32. The van der Waals surface area contributed by atoms with E-state index in [2.05, 4.69) is 19.1 Å². The SMILES string of the molecule is CC1CCCC1C(=O)N(C)Cc1ccc(CN)cc1. The number of carbonyl (C=O) groups excluding carboxylic acids is 1. The lowest BCUT2D eigenvalue weighted by Gasteiger charge is -2.23. The second-order valence-corrected chi connectivity index (χ2v) is 5.73. The minimum absolute atomic E-state index is 0.230. The zero-order chi connectivity index (χ0) is 13.8. The van der Waals surface area contributed by atoms with Gasteiger partial charge >= 0.3 is 0 Å². The molecule has 1 amide bonds. The van der Waals surface area contributed by atoms with Crippen molar-refractivity contribution in [3.63, 3.8) is 0 Å². The van der Waals surface area contributed by atoms with Crippen molar-refractivity contribution in [2.45, 2.75) is 39.3 Å². The summed E-state index contributed by atoms with van der Waals surface area (Å²) in [5.41, 5.74) is 7.88. The summed E-state index contributed by atoms with van der Waals surface area (Å²) < 4.78 is 0. The van der Waals surface area contributed by atoms with Gasteiger partial charge in [-0.15, -0.1) is 0 Å². The first-order valence-corrected chi connectivity index (χ1v) is 7.14. The Kier molecular flexibility index (Phi) is 4.59. The molecule has 0 heterocycles. The second kappa shape index (κ2) is 6.20. The molecule has 2 unspecified atom stereocenters. The van der Waals surface area contributed by atoms with Gasteiger partial charge in [0.2, 0.25) is 5.91 Å². The van der Waals surface area contributed by atoms with Gasteiger partial charge in [0.15, 0.2) is 0 Å². The van der Waals surface area contributed by atoms with Crippen LogP contribution < -0.4 is 5.73 Å². The second-order valence-electron chi connectivity index (χ2n) is 5.73. The fraction of sp³-hybridized carbons (Fsp3) is 0.562. The average Bonchev–Trinajstić information content (AvgIpc) is 2.85. The van der Waals surface area contributed by atoms with Crippen LogP contribution >= 0.6 is 0 Å². The molecule has 19 heavy (non-hydrogen) atoms. The van der Waals surface area contributed by atoms with E-state index in [-0.39, 0.29) is 5.92 Å². The number of benzene rings is 1. The summed E-state index contributed by atoms with van der Waals surface area (Å²) in [7, 11) is 1.91. The van der Waals surface area contributed by atoms with E-state index < -0.39 is 0 Å². The number of rotatable bonds is 4. The van der Waals surface area contributed by atoms with E-state index in [1.165, 1.54) is 18.4 Å². The quantitative estimate of drug-likeness (QED) is 0.904. The van der Waals surface area contributed by atoms with Crippen molar-refractivity contribution in [2.75, 3.05) is 7.05 Å². The number of nitrogens with zero attached hydrogens (tertiary/aromatic N) is 1. The molecule has 0 spiro atoms. The fourth-order valence-electron chi connectivity index (χ4n) is 2.93. The van der Waals surface area contributed by atoms with E-state index in [0.29, 0.717) is 24.9 Å². The Morgan fingerprint density at radius 3 is 2.42 bits per heavy atom. The highest BCUT2D eigenvalue weighted by atomic mass is 16.2. The third-order valence-corrected chi connectivity index (χ3v) is 4.23. The van der Waals surface area contributed by atoms with Crippen LogP contribution in [0.5, 0.6) is 0 Å². The zero-order valence-corrected chi connectivity index (χ0v) is 11.9. The van der Waals surface area contributed by atoms with Crippen molar-refractivity contribution < 1.29 is 4.79 Å². The largest absolute Gasteiger partial charge is 0.341 e. The standard InChI is InChI=1S/C16H24N2O/c1-12-4-3-5-15(12)16(19)18(2)11-14-8-6-13(10-17)7-9-14/h6-9,12,15H,3-5,10-11,17H2,1-2H3. The summed E-state index contributed by atoms with van der Waals surface area (Å²) in [5.74, 6) is 1.07. The smallest absolute Gasteiger partial charge is 0.225 e. The molecule has 0 bridgehead atoms. The lowest BCUT2D eigenvalue weighted by Crippen LogP contribution is -2.33. The Bertz CT molecular complexity index is 427. The van der Waals surface area contributed by atoms with E-state index in [1.807, 2.05) is 24.1 Å². The predicted molar refractivity (Wildman–Crippen MR) is 77.3 cm³/mol. The van der Waals surface area contributed by atoms with Gasteiger partial charge in [0.1, 0.15) is 0 Å². The van der Waals surface area contributed by atoms with Gasteiger partial charge in [-0.05, 0) is 29.9 Å². The molecule has 1 saturated carbocycles. The van der Waals surface area contributed by atoms with Gasteiger partial charge in [-0.2, -0.15) is 0 Å². The van der Waals surface area contributed by atoms with Gasteiger partial charge in [-0.25, -0.2) is 0 Å². The van der Waals surface area contributed by atoms with E-state index in [4.69, 9.17) is 5.73 Å². The molecule has 1 aliphatic rings. The maximum absolute atomic E-state index is 12.4. The van der Waals surface area contributed by atoms with E-state index in [0.717, 1.165) is 12.0 Å². The topological polar surface area (TPSA) is 46.3 Å². The highest BCUT2D eigenvalue weighted by molar-refractivity contribution is 5.79. The lowest BCUT2D eigenvalue weighted by atomic mass is 9.96. The molecule has 104 valence electrons. The van der Waals surface area contributed by atoms with Gasteiger partial charge in [-0.3, -0.25) is 4.79 Å². The Morgan fingerprint density at radius 2 is 1.89 bits per heavy atom. The molecule has 0 aliphatic heterocycles. The van der Waals surface area contributed by atoms with Gasteiger partial charge in [0.25, 0.3) is 0 Å². The van der Waals surface area contributed by atoms with E-state index in [9.17, 15) is 4.79 Å². The van der Waals surface area contributed by atoms with Crippen LogP contribution in [-0.2, 0) is 17.9 Å². The summed E-state index contributed by atoms with van der Waals surface area (Å²) in [6, 6.07) is 8.19. The van der Waals surface area contributed by atoms with Crippen LogP contribution in [0.3, 0.4) is 0 Å². The van der Waals surface area contributed by atoms with Crippen LogP contribution in [0.2, 0.25) is 0 Å². The summed E-state index contributed by atoms with van der Waals surface area (Å²) in [6.45, 7) is 3.45. The third kappa shape index (κ3) is 3.35. The molecule has 0 aromatic heterocycles. The molecule has 1 aromatic carbocycles. The Labute approximate surface area is 115 Å². The Balaban J connectivity index is 1.95. The number of amides is 1. The van der Waals surface area contributed by atoms with Gasteiger partial charge in [-0.1, -0.05) is 37.6 Å². The van der Waals surface area contributed by atoms with Gasteiger partial charge < -0.3 is 10.6 Å². The molecule has 1 fully saturated rings. The average molecular weight is 260 g/mol. The van der Waals surface area contributed by atoms with Crippen molar-refractivity contribution in [3.05, 3.63) is 35.4 Å². The summed E-state index contributed by atoms with van der Waals surface area (Å²) in [5, 5.41) is 0. The molecular formula is C16H24N2O.